The van der Waals surface area contributed by atoms with Crippen LogP contribution in [0.4, 0.5) is 4.39 Å². The number of carbonyl (C=O) groups excluding carboxylic acids is 1. The number of rotatable bonds is 5. The molecule has 2 aromatic carbocycles. The molecule has 124 valence electrons. The fourth-order valence-corrected chi connectivity index (χ4v) is 2.96. The summed E-state index contributed by atoms with van der Waals surface area (Å²) in [4.78, 5) is 15.3. The highest BCUT2D eigenvalue weighted by atomic mass is 19.1. The number of fused-ring (bicyclic) bond motifs is 1. The SMILES string of the molecule is Cc1ccc(CC(=O)NCCc2c(C)[nH]c3ccc(F)cc23)cc1. The predicted octanol–water partition coefficient (Wildman–Crippen LogP) is 3.83. The van der Waals surface area contributed by atoms with E-state index in [0.717, 1.165) is 27.7 Å². The highest BCUT2D eigenvalue weighted by molar-refractivity contribution is 5.85. The summed E-state index contributed by atoms with van der Waals surface area (Å²) in [5.41, 5.74) is 5.18. The Morgan fingerprint density at radius 1 is 1.12 bits per heavy atom. The van der Waals surface area contributed by atoms with Crippen molar-refractivity contribution in [1.82, 2.24) is 10.3 Å². The normalized spacial score (nSPS) is 11.0. The van der Waals surface area contributed by atoms with Crippen LogP contribution in [0.15, 0.2) is 42.5 Å². The van der Waals surface area contributed by atoms with E-state index in [1.165, 1.54) is 11.6 Å². The third kappa shape index (κ3) is 3.65. The number of H-pyrrole nitrogens is 1. The lowest BCUT2D eigenvalue weighted by Gasteiger charge is -2.06. The molecule has 0 radical (unpaired) electrons. The van der Waals surface area contributed by atoms with Crippen molar-refractivity contribution >= 4 is 16.8 Å². The van der Waals surface area contributed by atoms with Gasteiger partial charge in [-0.15, -0.1) is 0 Å². The van der Waals surface area contributed by atoms with Crippen molar-refractivity contribution in [2.24, 2.45) is 0 Å². The van der Waals surface area contributed by atoms with Crippen molar-refractivity contribution in [2.75, 3.05) is 6.54 Å². The Labute approximate surface area is 140 Å². The number of aromatic nitrogens is 1. The largest absolute Gasteiger partial charge is 0.358 e. The van der Waals surface area contributed by atoms with Crippen molar-refractivity contribution in [2.45, 2.75) is 26.7 Å². The second-order valence-corrected chi connectivity index (χ2v) is 6.18. The Morgan fingerprint density at radius 3 is 2.62 bits per heavy atom. The first-order chi connectivity index (χ1) is 11.5. The van der Waals surface area contributed by atoms with E-state index in [0.29, 0.717) is 19.4 Å². The average molecular weight is 324 g/mol. The van der Waals surface area contributed by atoms with Gasteiger partial charge in [0.05, 0.1) is 6.42 Å². The summed E-state index contributed by atoms with van der Waals surface area (Å²) in [6, 6.07) is 12.7. The first-order valence-electron chi connectivity index (χ1n) is 8.12. The molecule has 3 nitrogen and oxygen atoms in total. The maximum absolute atomic E-state index is 13.5. The maximum Gasteiger partial charge on any atom is 0.224 e. The molecular formula is C20H21FN2O. The Hall–Kier alpha value is -2.62. The van der Waals surface area contributed by atoms with Gasteiger partial charge in [-0.05, 0) is 49.6 Å². The van der Waals surface area contributed by atoms with Crippen LogP contribution in [0.25, 0.3) is 10.9 Å². The van der Waals surface area contributed by atoms with Crippen molar-refractivity contribution in [3.05, 3.63) is 70.7 Å². The minimum absolute atomic E-state index is 0.00234. The molecule has 0 saturated heterocycles. The molecule has 0 aliphatic heterocycles. The number of amides is 1. The summed E-state index contributed by atoms with van der Waals surface area (Å²) in [6.07, 6.45) is 1.05. The molecule has 0 aliphatic carbocycles. The quantitative estimate of drug-likeness (QED) is 0.736. The molecule has 1 amide bonds. The summed E-state index contributed by atoms with van der Waals surface area (Å²) in [5.74, 6) is -0.242. The van der Waals surface area contributed by atoms with Crippen molar-refractivity contribution < 1.29 is 9.18 Å². The molecule has 0 saturated carbocycles. The van der Waals surface area contributed by atoms with Gasteiger partial charge < -0.3 is 10.3 Å². The number of hydrogen-bond donors (Lipinski definition) is 2. The van der Waals surface area contributed by atoms with Crippen molar-refractivity contribution in [1.29, 1.82) is 0 Å². The third-order valence-corrected chi connectivity index (χ3v) is 4.26. The number of halogens is 1. The molecule has 3 rings (SSSR count). The molecule has 0 aliphatic rings. The number of carbonyl (C=O) groups is 1. The van der Waals surface area contributed by atoms with Crippen LogP contribution in [-0.2, 0) is 17.6 Å². The molecule has 0 spiro atoms. The summed E-state index contributed by atoms with van der Waals surface area (Å²) < 4.78 is 13.5. The van der Waals surface area contributed by atoms with E-state index in [4.69, 9.17) is 0 Å². The van der Waals surface area contributed by atoms with Crippen LogP contribution in [0, 0.1) is 19.7 Å². The Balaban J connectivity index is 1.60. The fraction of sp³-hybridized carbons (Fsp3) is 0.250. The first kappa shape index (κ1) is 16.2. The number of aryl methyl sites for hydroxylation is 2. The van der Waals surface area contributed by atoms with E-state index >= 15 is 0 Å². The monoisotopic (exact) mass is 324 g/mol. The van der Waals surface area contributed by atoms with E-state index < -0.39 is 0 Å². The zero-order valence-electron chi connectivity index (χ0n) is 13.9. The van der Waals surface area contributed by atoms with Gasteiger partial charge in [-0.3, -0.25) is 4.79 Å². The maximum atomic E-state index is 13.5. The summed E-state index contributed by atoms with van der Waals surface area (Å²) >= 11 is 0. The van der Waals surface area contributed by atoms with Crippen LogP contribution in [0.5, 0.6) is 0 Å². The van der Waals surface area contributed by atoms with Crippen molar-refractivity contribution in [3.8, 4) is 0 Å². The van der Waals surface area contributed by atoms with Gasteiger partial charge in [0.1, 0.15) is 5.82 Å². The van der Waals surface area contributed by atoms with Gasteiger partial charge in [-0.2, -0.15) is 0 Å². The van der Waals surface area contributed by atoms with E-state index in [1.807, 2.05) is 38.1 Å². The average Bonchev–Trinajstić information content (AvgIpc) is 2.85. The second-order valence-electron chi connectivity index (χ2n) is 6.18. The molecule has 0 unspecified atom stereocenters. The second kappa shape index (κ2) is 6.87. The molecule has 0 fully saturated rings. The lowest BCUT2D eigenvalue weighted by Crippen LogP contribution is -2.27. The first-order valence-corrected chi connectivity index (χ1v) is 8.12. The van der Waals surface area contributed by atoms with Crippen molar-refractivity contribution in [3.63, 3.8) is 0 Å². The smallest absolute Gasteiger partial charge is 0.224 e. The third-order valence-electron chi connectivity index (χ3n) is 4.26. The van der Waals surface area contributed by atoms with Crippen LogP contribution < -0.4 is 5.32 Å². The number of aromatic amines is 1. The number of nitrogens with one attached hydrogen (secondary N) is 2. The topological polar surface area (TPSA) is 44.9 Å². The standard InChI is InChI=1S/C20H21FN2O/c1-13-3-5-15(6-4-13)11-20(24)22-10-9-17-14(2)23-19-8-7-16(21)12-18(17)19/h3-8,12,23H,9-11H2,1-2H3,(H,22,24). The molecule has 0 bridgehead atoms. The Morgan fingerprint density at radius 2 is 1.88 bits per heavy atom. The van der Waals surface area contributed by atoms with E-state index in [9.17, 15) is 9.18 Å². The fourth-order valence-electron chi connectivity index (χ4n) is 2.96. The Bertz CT molecular complexity index is 865. The summed E-state index contributed by atoms with van der Waals surface area (Å²) in [7, 11) is 0. The molecule has 4 heteroatoms. The molecule has 2 N–H and O–H groups in total. The van der Waals surface area contributed by atoms with Gasteiger partial charge in [0.2, 0.25) is 5.91 Å². The highest BCUT2D eigenvalue weighted by Crippen LogP contribution is 2.23. The van der Waals surface area contributed by atoms with Gasteiger partial charge >= 0.3 is 0 Å². The van der Waals surface area contributed by atoms with Gasteiger partial charge in [0.25, 0.3) is 0 Å². The molecule has 1 aromatic heterocycles. The van der Waals surface area contributed by atoms with Crippen LogP contribution in [0.1, 0.15) is 22.4 Å². The Kier molecular flexibility index (Phi) is 4.65. The molecule has 0 atom stereocenters. The molecule has 3 aromatic rings. The van der Waals surface area contributed by atoms with E-state index in [-0.39, 0.29) is 11.7 Å². The lowest BCUT2D eigenvalue weighted by atomic mass is 10.1. The van der Waals surface area contributed by atoms with Crippen LogP contribution in [0.2, 0.25) is 0 Å². The molecular weight excluding hydrogens is 303 g/mol. The van der Waals surface area contributed by atoms with Gasteiger partial charge in [-0.1, -0.05) is 29.8 Å². The lowest BCUT2D eigenvalue weighted by molar-refractivity contribution is -0.120. The molecule has 1 heterocycles. The minimum atomic E-state index is -0.244. The zero-order chi connectivity index (χ0) is 17.1. The highest BCUT2D eigenvalue weighted by Gasteiger charge is 2.10. The number of benzene rings is 2. The van der Waals surface area contributed by atoms with Crippen LogP contribution >= 0.6 is 0 Å². The van der Waals surface area contributed by atoms with Gasteiger partial charge in [-0.25, -0.2) is 4.39 Å². The van der Waals surface area contributed by atoms with Gasteiger partial charge in [0, 0.05) is 23.1 Å². The summed E-state index contributed by atoms with van der Waals surface area (Å²) in [5, 5.41) is 3.83. The minimum Gasteiger partial charge on any atom is -0.358 e. The van der Waals surface area contributed by atoms with Crippen LogP contribution in [-0.4, -0.2) is 17.4 Å². The zero-order valence-corrected chi connectivity index (χ0v) is 13.9. The van der Waals surface area contributed by atoms with Crippen LogP contribution in [0.3, 0.4) is 0 Å². The van der Waals surface area contributed by atoms with E-state index in [1.54, 1.807) is 12.1 Å². The number of hydrogen-bond acceptors (Lipinski definition) is 1. The molecule has 24 heavy (non-hydrogen) atoms. The van der Waals surface area contributed by atoms with Gasteiger partial charge in [0.15, 0.2) is 0 Å². The van der Waals surface area contributed by atoms with E-state index in [2.05, 4.69) is 10.3 Å². The summed E-state index contributed by atoms with van der Waals surface area (Å²) in [6.45, 7) is 4.53. The predicted molar refractivity (Wildman–Crippen MR) is 94.6 cm³/mol.